The molecule has 0 fully saturated rings. The molecule has 0 saturated carbocycles. The minimum absolute atomic E-state index is 0.274. The first kappa shape index (κ1) is 10.9. The highest BCUT2D eigenvalue weighted by molar-refractivity contribution is 5.76. The number of hydrogen-bond donors (Lipinski definition) is 1. The minimum Gasteiger partial charge on any atom is -0.384 e. The second kappa shape index (κ2) is 3.74. The van der Waals surface area contributed by atoms with Gasteiger partial charge in [0, 0.05) is 11.6 Å². The highest BCUT2D eigenvalue weighted by atomic mass is 14.9. The van der Waals surface area contributed by atoms with E-state index in [9.17, 15) is 0 Å². The number of pyridine rings is 2. The SMILES string of the molecule is CC(C)(C)Cc1cnc2nc(N)ccc2c1. The van der Waals surface area contributed by atoms with Crippen LogP contribution in [-0.4, -0.2) is 9.97 Å². The van der Waals surface area contributed by atoms with E-state index < -0.39 is 0 Å². The van der Waals surface area contributed by atoms with Gasteiger partial charge in [-0.05, 0) is 35.6 Å². The lowest BCUT2D eigenvalue weighted by Gasteiger charge is -2.17. The van der Waals surface area contributed by atoms with Gasteiger partial charge in [0.05, 0.1) is 0 Å². The molecule has 0 amide bonds. The van der Waals surface area contributed by atoms with Crippen molar-refractivity contribution < 1.29 is 0 Å². The number of anilines is 1. The molecule has 84 valence electrons. The second-order valence-corrected chi connectivity index (χ2v) is 5.36. The van der Waals surface area contributed by atoms with Gasteiger partial charge in [0.15, 0.2) is 5.65 Å². The van der Waals surface area contributed by atoms with Crippen LogP contribution in [0.4, 0.5) is 5.82 Å². The minimum atomic E-state index is 0.274. The van der Waals surface area contributed by atoms with Crippen molar-refractivity contribution in [1.29, 1.82) is 0 Å². The Bertz CT molecular complexity index is 512. The molecule has 0 radical (unpaired) electrons. The Morgan fingerprint density at radius 2 is 2.00 bits per heavy atom. The van der Waals surface area contributed by atoms with Crippen LogP contribution in [0.1, 0.15) is 26.3 Å². The molecule has 2 aromatic rings. The van der Waals surface area contributed by atoms with Crippen LogP contribution in [-0.2, 0) is 6.42 Å². The van der Waals surface area contributed by atoms with Gasteiger partial charge < -0.3 is 5.73 Å². The molecule has 3 heteroatoms. The standard InChI is InChI=1S/C13H17N3/c1-13(2,3)7-9-6-10-4-5-11(14)16-12(10)15-8-9/h4-6,8H,7H2,1-3H3,(H2,14,15,16). The number of aromatic nitrogens is 2. The molecule has 0 aromatic carbocycles. The molecule has 0 aliphatic heterocycles. The number of nitrogens with two attached hydrogens (primary N) is 1. The van der Waals surface area contributed by atoms with E-state index >= 15 is 0 Å². The van der Waals surface area contributed by atoms with E-state index in [0.717, 1.165) is 17.5 Å². The van der Waals surface area contributed by atoms with Crippen LogP contribution in [0.5, 0.6) is 0 Å². The van der Waals surface area contributed by atoms with Crippen molar-refractivity contribution in [3.8, 4) is 0 Å². The molecule has 0 atom stereocenters. The van der Waals surface area contributed by atoms with Crippen LogP contribution < -0.4 is 5.73 Å². The molecule has 0 bridgehead atoms. The van der Waals surface area contributed by atoms with Crippen molar-refractivity contribution in [2.45, 2.75) is 27.2 Å². The van der Waals surface area contributed by atoms with Crippen LogP contribution in [0.3, 0.4) is 0 Å². The largest absolute Gasteiger partial charge is 0.384 e. The van der Waals surface area contributed by atoms with Crippen molar-refractivity contribution >= 4 is 16.9 Å². The Balaban J connectivity index is 2.41. The van der Waals surface area contributed by atoms with Gasteiger partial charge in [-0.15, -0.1) is 0 Å². The van der Waals surface area contributed by atoms with E-state index in [1.165, 1.54) is 5.56 Å². The fourth-order valence-corrected chi connectivity index (χ4v) is 1.78. The Morgan fingerprint density at radius 1 is 1.25 bits per heavy atom. The predicted molar refractivity (Wildman–Crippen MR) is 67.1 cm³/mol. The van der Waals surface area contributed by atoms with Crippen LogP contribution in [0.2, 0.25) is 0 Å². The lowest BCUT2D eigenvalue weighted by molar-refractivity contribution is 0.411. The Labute approximate surface area is 95.7 Å². The molecule has 0 unspecified atom stereocenters. The maximum atomic E-state index is 5.61. The molecular formula is C13H17N3. The first-order valence-electron chi connectivity index (χ1n) is 5.45. The molecule has 0 aliphatic rings. The number of hydrogen-bond acceptors (Lipinski definition) is 3. The van der Waals surface area contributed by atoms with Gasteiger partial charge in [-0.3, -0.25) is 0 Å². The molecule has 0 saturated heterocycles. The molecule has 2 N–H and O–H groups in total. The van der Waals surface area contributed by atoms with Crippen LogP contribution in [0.25, 0.3) is 11.0 Å². The fraction of sp³-hybridized carbons (Fsp3) is 0.385. The third-order valence-corrected chi connectivity index (χ3v) is 2.35. The second-order valence-electron chi connectivity index (χ2n) is 5.36. The normalized spacial score (nSPS) is 11.9. The van der Waals surface area contributed by atoms with Gasteiger partial charge in [0.1, 0.15) is 5.82 Å². The summed E-state index contributed by atoms with van der Waals surface area (Å²) in [6, 6.07) is 5.92. The summed E-state index contributed by atoms with van der Waals surface area (Å²) in [5, 5.41) is 1.05. The molecule has 16 heavy (non-hydrogen) atoms. The molecular weight excluding hydrogens is 198 g/mol. The summed E-state index contributed by atoms with van der Waals surface area (Å²) < 4.78 is 0. The zero-order chi connectivity index (χ0) is 11.8. The molecule has 2 heterocycles. The Morgan fingerprint density at radius 3 is 2.69 bits per heavy atom. The zero-order valence-corrected chi connectivity index (χ0v) is 9.99. The molecule has 0 spiro atoms. The van der Waals surface area contributed by atoms with Crippen molar-refractivity contribution in [2.24, 2.45) is 5.41 Å². The highest BCUT2D eigenvalue weighted by Crippen LogP contribution is 2.22. The maximum absolute atomic E-state index is 5.61. The summed E-state index contributed by atoms with van der Waals surface area (Å²) in [6.07, 6.45) is 2.90. The number of fused-ring (bicyclic) bond motifs is 1. The van der Waals surface area contributed by atoms with Crippen molar-refractivity contribution in [1.82, 2.24) is 9.97 Å². The number of nitrogens with zero attached hydrogens (tertiary/aromatic N) is 2. The summed E-state index contributed by atoms with van der Waals surface area (Å²) in [5.74, 6) is 0.517. The third kappa shape index (κ3) is 2.48. The van der Waals surface area contributed by atoms with Crippen molar-refractivity contribution in [3.05, 3.63) is 30.0 Å². The molecule has 2 rings (SSSR count). The average molecular weight is 215 g/mol. The number of rotatable bonds is 1. The highest BCUT2D eigenvalue weighted by Gasteiger charge is 2.11. The lowest BCUT2D eigenvalue weighted by atomic mass is 9.88. The maximum Gasteiger partial charge on any atom is 0.161 e. The van der Waals surface area contributed by atoms with Gasteiger partial charge >= 0.3 is 0 Å². The van der Waals surface area contributed by atoms with Crippen LogP contribution in [0, 0.1) is 5.41 Å². The summed E-state index contributed by atoms with van der Waals surface area (Å²) in [5.41, 5.74) is 7.85. The summed E-state index contributed by atoms with van der Waals surface area (Å²) >= 11 is 0. The smallest absolute Gasteiger partial charge is 0.161 e. The van der Waals surface area contributed by atoms with E-state index in [1.807, 2.05) is 18.3 Å². The topological polar surface area (TPSA) is 51.8 Å². The number of nitrogen functional groups attached to an aromatic ring is 1. The molecule has 3 nitrogen and oxygen atoms in total. The van der Waals surface area contributed by atoms with Crippen LogP contribution in [0.15, 0.2) is 24.4 Å². The Kier molecular flexibility index (Phi) is 2.54. The van der Waals surface area contributed by atoms with Crippen LogP contribution >= 0.6 is 0 Å². The fourth-order valence-electron chi connectivity index (χ4n) is 1.78. The van der Waals surface area contributed by atoms with E-state index in [2.05, 4.69) is 36.8 Å². The van der Waals surface area contributed by atoms with Gasteiger partial charge in [0.25, 0.3) is 0 Å². The summed E-state index contributed by atoms with van der Waals surface area (Å²) in [4.78, 5) is 8.51. The van der Waals surface area contributed by atoms with E-state index in [4.69, 9.17) is 5.73 Å². The first-order valence-corrected chi connectivity index (χ1v) is 5.45. The zero-order valence-electron chi connectivity index (χ0n) is 9.99. The van der Waals surface area contributed by atoms with Crippen molar-refractivity contribution in [3.63, 3.8) is 0 Å². The summed E-state index contributed by atoms with van der Waals surface area (Å²) in [7, 11) is 0. The van der Waals surface area contributed by atoms with Gasteiger partial charge in [0.2, 0.25) is 0 Å². The lowest BCUT2D eigenvalue weighted by Crippen LogP contribution is -2.09. The van der Waals surface area contributed by atoms with Gasteiger partial charge in [-0.2, -0.15) is 0 Å². The third-order valence-electron chi connectivity index (χ3n) is 2.35. The quantitative estimate of drug-likeness (QED) is 0.795. The first-order chi connectivity index (χ1) is 7.44. The van der Waals surface area contributed by atoms with Gasteiger partial charge in [-0.1, -0.05) is 20.8 Å². The molecule has 0 aliphatic carbocycles. The van der Waals surface area contributed by atoms with E-state index in [0.29, 0.717) is 5.82 Å². The summed E-state index contributed by atoms with van der Waals surface area (Å²) in [6.45, 7) is 6.66. The predicted octanol–water partition coefficient (Wildman–Crippen LogP) is 2.80. The average Bonchev–Trinajstić information content (AvgIpc) is 2.16. The van der Waals surface area contributed by atoms with E-state index in [-0.39, 0.29) is 5.41 Å². The van der Waals surface area contributed by atoms with E-state index in [1.54, 1.807) is 0 Å². The molecule has 2 aromatic heterocycles. The van der Waals surface area contributed by atoms with Crippen molar-refractivity contribution in [2.75, 3.05) is 5.73 Å². The van der Waals surface area contributed by atoms with Gasteiger partial charge in [-0.25, -0.2) is 9.97 Å². The monoisotopic (exact) mass is 215 g/mol. The Hall–Kier alpha value is -1.64.